The predicted octanol–water partition coefficient (Wildman–Crippen LogP) is 4.45. The zero-order valence-corrected chi connectivity index (χ0v) is 21.7. The maximum absolute atomic E-state index is 10.3. The molecule has 2 heterocycles. The molecule has 0 saturated carbocycles. The Hall–Kier alpha value is -2.96. The fraction of sp³-hybridized carbons (Fsp3) is 0.273. The number of rotatable bonds is 7. The van der Waals surface area contributed by atoms with Crippen molar-refractivity contribution in [2.45, 2.75) is 6.92 Å². The minimum atomic E-state index is -0.0209. The number of hydrazone groups is 1. The van der Waals surface area contributed by atoms with Crippen LogP contribution in [-0.4, -0.2) is 59.7 Å². The summed E-state index contributed by atoms with van der Waals surface area (Å²) in [7, 11) is 1.49. The second-order valence-corrected chi connectivity index (χ2v) is 9.18. The zero-order chi connectivity index (χ0) is 24.1. The number of anilines is 4. The Bertz CT molecular complexity index is 1200. The fourth-order valence-corrected chi connectivity index (χ4v) is 4.27. The summed E-state index contributed by atoms with van der Waals surface area (Å²) in [5.41, 5.74) is 5.25. The highest BCUT2D eigenvalue weighted by Crippen LogP contribution is 2.32. The van der Waals surface area contributed by atoms with E-state index in [0.717, 1.165) is 20.2 Å². The summed E-state index contributed by atoms with van der Waals surface area (Å²) in [5.74, 6) is 1.44. The number of nitrogens with zero attached hydrogens (tertiary/aromatic N) is 5. The van der Waals surface area contributed by atoms with Gasteiger partial charge in [0.15, 0.2) is 11.5 Å². The van der Waals surface area contributed by atoms with Crippen molar-refractivity contribution in [1.82, 2.24) is 15.0 Å². The molecule has 1 aromatic heterocycles. The maximum atomic E-state index is 10.3. The molecular formula is C22H23Br2N7O3. The van der Waals surface area contributed by atoms with E-state index in [2.05, 4.69) is 62.7 Å². The topological polar surface area (TPSA) is 117 Å². The number of ether oxygens (including phenoxy) is 2. The molecule has 1 saturated heterocycles. The normalized spacial score (nSPS) is 13.8. The van der Waals surface area contributed by atoms with Crippen molar-refractivity contribution in [3.63, 3.8) is 0 Å². The lowest BCUT2D eigenvalue weighted by molar-refractivity contribution is 0.122. The molecule has 0 atom stereocenters. The SMILES string of the molecule is COc1cc(Br)cc(/C=N/Nc2nc(Nc3ccc(C)cc3Br)nc(N3CCOCC3)n2)c1O. The van der Waals surface area contributed by atoms with E-state index >= 15 is 0 Å². The smallest absolute Gasteiger partial charge is 0.250 e. The molecule has 178 valence electrons. The van der Waals surface area contributed by atoms with Crippen LogP contribution in [0.15, 0.2) is 44.4 Å². The van der Waals surface area contributed by atoms with E-state index < -0.39 is 0 Å². The molecule has 0 radical (unpaired) electrons. The summed E-state index contributed by atoms with van der Waals surface area (Å²) in [6.45, 7) is 4.57. The number of phenolic OH excluding ortho intramolecular Hbond substituents is 1. The standard InChI is InChI=1S/C22H23Br2N7O3/c1-13-3-4-17(16(24)9-13)26-20-27-21(29-22(28-20)31-5-7-34-8-6-31)30-25-12-14-10-15(23)11-18(33-2)19(14)32/h3-4,9-12,32H,5-8H2,1-2H3,(H2,26,27,28,29,30)/b25-12+. The minimum absolute atomic E-state index is 0.0209. The lowest BCUT2D eigenvalue weighted by Crippen LogP contribution is -2.37. The van der Waals surface area contributed by atoms with E-state index in [9.17, 15) is 5.11 Å². The number of aromatic hydroxyl groups is 1. The zero-order valence-electron chi connectivity index (χ0n) is 18.5. The van der Waals surface area contributed by atoms with Gasteiger partial charge in [0.1, 0.15) is 0 Å². The Morgan fingerprint density at radius 3 is 2.62 bits per heavy atom. The number of hydrogen-bond donors (Lipinski definition) is 3. The first-order valence-corrected chi connectivity index (χ1v) is 12.0. The van der Waals surface area contributed by atoms with E-state index in [4.69, 9.17) is 9.47 Å². The van der Waals surface area contributed by atoms with Crippen LogP contribution in [0.5, 0.6) is 11.5 Å². The monoisotopic (exact) mass is 591 g/mol. The summed E-state index contributed by atoms with van der Waals surface area (Å²) in [6.07, 6.45) is 1.46. The first-order valence-electron chi connectivity index (χ1n) is 10.4. The molecule has 2 aromatic carbocycles. The highest BCUT2D eigenvalue weighted by atomic mass is 79.9. The van der Waals surface area contributed by atoms with Crippen LogP contribution in [0, 0.1) is 6.92 Å². The van der Waals surface area contributed by atoms with E-state index in [0.29, 0.717) is 49.5 Å². The average molecular weight is 593 g/mol. The first kappa shape index (κ1) is 24.2. The van der Waals surface area contributed by atoms with E-state index in [-0.39, 0.29) is 11.7 Å². The lowest BCUT2D eigenvalue weighted by atomic mass is 10.2. The van der Waals surface area contributed by atoms with Crippen molar-refractivity contribution < 1.29 is 14.6 Å². The van der Waals surface area contributed by atoms with Gasteiger partial charge in [0, 0.05) is 27.6 Å². The number of nitrogens with one attached hydrogen (secondary N) is 2. The molecule has 0 bridgehead atoms. The molecule has 4 rings (SSSR count). The van der Waals surface area contributed by atoms with E-state index in [1.165, 1.54) is 13.3 Å². The molecular weight excluding hydrogens is 570 g/mol. The number of benzene rings is 2. The number of aryl methyl sites for hydroxylation is 1. The molecule has 3 aromatic rings. The molecule has 0 aliphatic carbocycles. The van der Waals surface area contributed by atoms with E-state index in [1.807, 2.05) is 30.0 Å². The lowest BCUT2D eigenvalue weighted by Gasteiger charge is -2.27. The number of aromatic nitrogens is 3. The molecule has 12 heteroatoms. The van der Waals surface area contributed by atoms with Gasteiger partial charge in [0.25, 0.3) is 0 Å². The molecule has 34 heavy (non-hydrogen) atoms. The molecule has 0 spiro atoms. The van der Waals surface area contributed by atoms with Crippen LogP contribution in [0.25, 0.3) is 0 Å². The molecule has 3 N–H and O–H groups in total. The van der Waals surface area contributed by atoms with Gasteiger partial charge in [0.05, 0.1) is 32.2 Å². The van der Waals surface area contributed by atoms with Crippen LogP contribution in [0.2, 0.25) is 0 Å². The van der Waals surface area contributed by atoms with Crippen LogP contribution in [0.3, 0.4) is 0 Å². The first-order chi connectivity index (χ1) is 16.4. The Kier molecular flexibility index (Phi) is 7.80. The third-order valence-corrected chi connectivity index (χ3v) is 6.06. The Morgan fingerprint density at radius 2 is 1.88 bits per heavy atom. The third kappa shape index (κ3) is 5.93. The molecule has 0 unspecified atom stereocenters. The third-order valence-electron chi connectivity index (χ3n) is 4.95. The van der Waals surface area contributed by atoms with E-state index in [1.54, 1.807) is 12.1 Å². The highest BCUT2D eigenvalue weighted by Gasteiger charge is 2.17. The van der Waals surface area contributed by atoms with Gasteiger partial charge in [-0.1, -0.05) is 22.0 Å². The Balaban J connectivity index is 1.61. The van der Waals surface area contributed by atoms with Gasteiger partial charge >= 0.3 is 0 Å². The number of morpholine rings is 1. The fourth-order valence-electron chi connectivity index (χ4n) is 3.23. The van der Waals surface area contributed by atoms with Crippen LogP contribution in [-0.2, 0) is 4.74 Å². The molecule has 1 aliphatic heterocycles. The number of hydrogen-bond acceptors (Lipinski definition) is 10. The Labute approximate surface area is 213 Å². The van der Waals surface area contributed by atoms with Crippen molar-refractivity contribution >= 4 is 61.6 Å². The van der Waals surface area contributed by atoms with Crippen molar-refractivity contribution in [3.05, 3.63) is 50.4 Å². The largest absolute Gasteiger partial charge is 0.504 e. The predicted molar refractivity (Wildman–Crippen MR) is 139 cm³/mol. The van der Waals surface area contributed by atoms with Gasteiger partial charge in [-0.05, 0) is 52.7 Å². The van der Waals surface area contributed by atoms with Crippen LogP contribution in [0.1, 0.15) is 11.1 Å². The van der Waals surface area contributed by atoms with Gasteiger partial charge in [-0.3, -0.25) is 0 Å². The van der Waals surface area contributed by atoms with Crippen molar-refractivity contribution in [2.24, 2.45) is 5.10 Å². The second-order valence-electron chi connectivity index (χ2n) is 7.41. The van der Waals surface area contributed by atoms with Crippen molar-refractivity contribution in [2.75, 3.05) is 49.1 Å². The number of phenols is 1. The summed E-state index contributed by atoms with van der Waals surface area (Å²) < 4.78 is 12.3. The quantitative estimate of drug-likeness (QED) is 0.270. The maximum Gasteiger partial charge on any atom is 0.250 e. The van der Waals surface area contributed by atoms with Gasteiger partial charge in [-0.15, -0.1) is 0 Å². The average Bonchev–Trinajstić information content (AvgIpc) is 2.83. The molecule has 1 aliphatic rings. The van der Waals surface area contributed by atoms with Gasteiger partial charge in [-0.2, -0.15) is 20.1 Å². The minimum Gasteiger partial charge on any atom is -0.504 e. The summed E-state index contributed by atoms with van der Waals surface area (Å²) in [4.78, 5) is 15.6. The summed E-state index contributed by atoms with van der Waals surface area (Å²) in [6, 6.07) is 9.35. The van der Waals surface area contributed by atoms with Crippen LogP contribution >= 0.6 is 31.9 Å². The van der Waals surface area contributed by atoms with Crippen LogP contribution < -0.4 is 20.4 Å². The summed E-state index contributed by atoms with van der Waals surface area (Å²) in [5, 5.41) is 17.8. The second kappa shape index (κ2) is 11.0. The Morgan fingerprint density at radius 1 is 1.12 bits per heavy atom. The number of halogens is 2. The van der Waals surface area contributed by atoms with Crippen molar-refractivity contribution in [3.8, 4) is 11.5 Å². The van der Waals surface area contributed by atoms with Crippen molar-refractivity contribution in [1.29, 1.82) is 0 Å². The summed E-state index contributed by atoms with van der Waals surface area (Å²) >= 11 is 6.97. The molecule has 10 nitrogen and oxygen atoms in total. The van der Waals surface area contributed by atoms with Gasteiger partial charge < -0.3 is 24.8 Å². The van der Waals surface area contributed by atoms with Crippen LogP contribution in [0.4, 0.5) is 23.5 Å². The highest BCUT2D eigenvalue weighted by molar-refractivity contribution is 9.10. The molecule has 1 fully saturated rings. The van der Waals surface area contributed by atoms with Gasteiger partial charge in [-0.25, -0.2) is 5.43 Å². The number of methoxy groups -OCH3 is 1. The molecule has 0 amide bonds. The van der Waals surface area contributed by atoms with Gasteiger partial charge in [0.2, 0.25) is 17.8 Å².